The van der Waals surface area contributed by atoms with E-state index in [9.17, 15) is 19.1 Å². The van der Waals surface area contributed by atoms with Crippen molar-refractivity contribution in [2.75, 3.05) is 20.3 Å². The van der Waals surface area contributed by atoms with Crippen LogP contribution < -0.4 is 10.1 Å². The van der Waals surface area contributed by atoms with Crippen LogP contribution in [-0.2, 0) is 9.53 Å². The number of carboxylic acid groups (broad SMARTS) is 1. The van der Waals surface area contributed by atoms with Gasteiger partial charge in [0.1, 0.15) is 11.6 Å². The predicted molar refractivity (Wildman–Crippen MR) is 91.7 cm³/mol. The number of halogens is 1. The van der Waals surface area contributed by atoms with Crippen LogP contribution in [0.25, 0.3) is 11.1 Å². The highest BCUT2D eigenvalue weighted by atomic mass is 19.1. The molecule has 0 aromatic heterocycles. The van der Waals surface area contributed by atoms with Crippen molar-refractivity contribution in [1.29, 1.82) is 0 Å². The van der Waals surface area contributed by atoms with Crippen LogP contribution in [0.3, 0.4) is 0 Å². The molecule has 1 aliphatic heterocycles. The van der Waals surface area contributed by atoms with Gasteiger partial charge in [-0.3, -0.25) is 4.79 Å². The summed E-state index contributed by atoms with van der Waals surface area (Å²) >= 11 is 0. The van der Waals surface area contributed by atoms with Crippen molar-refractivity contribution in [2.45, 2.75) is 12.0 Å². The lowest BCUT2D eigenvalue weighted by Crippen LogP contribution is -2.55. The Morgan fingerprint density at radius 2 is 1.88 bits per heavy atom. The molecule has 0 spiro atoms. The zero-order valence-electron chi connectivity index (χ0n) is 14.1. The SMILES string of the molecule is COc1ccc(-c2ccc(C(=O)NC3(C(=O)O)CCOC3)c(F)c2)cc1. The molecule has 1 unspecified atom stereocenters. The first-order valence-corrected chi connectivity index (χ1v) is 8.03. The lowest BCUT2D eigenvalue weighted by atomic mass is 9.97. The first-order chi connectivity index (χ1) is 12.4. The molecule has 0 radical (unpaired) electrons. The molecule has 1 heterocycles. The number of carbonyl (C=O) groups excluding carboxylic acids is 1. The second-order valence-electron chi connectivity index (χ2n) is 6.07. The molecule has 0 bridgehead atoms. The summed E-state index contributed by atoms with van der Waals surface area (Å²) in [6, 6.07) is 11.3. The van der Waals surface area contributed by atoms with Gasteiger partial charge in [-0.25, -0.2) is 9.18 Å². The molecule has 136 valence electrons. The highest BCUT2D eigenvalue weighted by Crippen LogP contribution is 2.25. The number of carbonyl (C=O) groups is 2. The van der Waals surface area contributed by atoms with Gasteiger partial charge < -0.3 is 19.9 Å². The fourth-order valence-corrected chi connectivity index (χ4v) is 2.83. The van der Waals surface area contributed by atoms with Crippen molar-refractivity contribution < 1.29 is 28.6 Å². The van der Waals surface area contributed by atoms with Crippen molar-refractivity contribution in [1.82, 2.24) is 5.32 Å². The van der Waals surface area contributed by atoms with Gasteiger partial charge in [-0.2, -0.15) is 0 Å². The monoisotopic (exact) mass is 359 g/mol. The number of rotatable bonds is 5. The minimum Gasteiger partial charge on any atom is -0.497 e. The van der Waals surface area contributed by atoms with Gasteiger partial charge >= 0.3 is 5.97 Å². The van der Waals surface area contributed by atoms with Gasteiger partial charge in [0, 0.05) is 13.0 Å². The third-order valence-corrected chi connectivity index (χ3v) is 4.42. The molecule has 3 rings (SSSR count). The van der Waals surface area contributed by atoms with Crippen LogP contribution in [0.15, 0.2) is 42.5 Å². The Balaban J connectivity index is 1.82. The van der Waals surface area contributed by atoms with Crippen LogP contribution in [0, 0.1) is 5.82 Å². The molecule has 2 N–H and O–H groups in total. The first-order valence-electron chi connectivity index (χ1n) is 8.03. The summed E-state index contributed by atoms with van der Waals surface area (Å²) in [6.07, 6.45) is 0.139. The van der Waals surface area contributed by atoms with Crippen molar-refractivity contribution in [3.8, 4) is 16.9 Å². The molecule has 7 heteroatoms. The van der Waals surface area contributed by atoms with Gasteiger partial charge in [0.2, 0.25) is 0 Å². The number of benzene rings is 2. The molecule has 1 saturated heterocycles. The molecular weight excluding hydrogens is 341 g/mol. The van der Waals surface area contributed by atoms with E-state index in [1.165, 1.54) is 12.1 Å². The molecule has 2 aromatic carbocycles. The van der Waals surface area contributed by atoms with Crippen LogP contribution >= 0.6 is 0 Å². The Hall–Kier alpha value is -2.93. The van der Waals surface area contributed by atoms with E-state index in [0.29, 0.717) is 11.3 Å². The molecule has 2 aromatic rings. The van der Waals surface area contributed by atoms with Crippen LogP contribution in [0.1, 0.15) is 16.8 Å². The minimum absolute atomic E-state index is 0.139. The summed E-state index contributed by atoms with van der Waals surface area (Å²) in [7, 11) is 1.56. The standard InChI is InChI=1S/C19H18FNO5/c1-25-14-5-2-12(3-6-14)13-4-7-15(16(20)10-13)17(22)21-19(18(23)24)8-9-26-11-19/h2-7,10H,8-9,11H2,1H3,(H,21,22)(H,23,24). The first kappa shape index (κ1) is 17.9. The fraction of sp³-hybridized carbons (Fsp3) is 0.263. The van der Waals surface area contributed by atoms with Gasteiger partial charge in [-0.05, 0) is 35.4 Å². The molecule has 26 heavy (non-hydrogen) atoms. The summed E-state index contributed by atoms with van der Waals surface area (Å²) in [5.41, 5.74) is -0.366. The average Bonchev–Trinajstić information content (AvgIpc) is 3.11. The Kier molecular flexibility index (Phi) is 4.90. The van der Waals surface area contributed by atoms with E-state index in [1.807, 2.05) is 0 Å². The Labute approximate surface area is 149 Å². The fourth-order valence-electron chi connectivity index (χ4n) is 2.83. The number of ether oxygens (including phenoxy) is 2. The third-order valence-electron chi connectivity index (χ3n) is 4.42. The molecule has 0 saturated carbocycles. The number of amides is 1. The van der Waals surface area contributed by atoms with E-state index < -0.39 is 23.2 Å². The van der Waals surface area contributed by atoms with E-state index in [0.717, 1.165) is 5.56 Å². The summed E-state index contributed by atoms with van der Waals surface area (Å²) in [6.45, 7) is 0.0884. The highest BCUT2D eigenvalue weighted by molar-refractivity contribution is 5.98. The molecule has 1 aliphatic rings. The average molecular weight is 359 g/mol. The summed E-state index contributed by atoms with van der Waals surface area (Å²) in [5.74, 6) is -2.02. The zero-order chi connectivity index (χ0) is 18.7. The van der Waals surface area contributed by atoms with E-state index in [1.54, 1.807) is 37.4 Å². The van der Waals surface area contributed by atoms with E-state index in [-0.39, 0.29) is 25.2 Å². The molecular formula is C19H18FNO5. The molecule has 0 aliphatic carbocycles. The van der Waals surface area contributed by atoms with Gasteiger partial charge in [-0.15, -0.1) is 0 Å². The Morgan fingerprint density at radius 1 is 1.19 bits per heavy atom. The maximum absolute atomic E-state index is 14.5. The number of hydrogen-bond donors (Lipinski definition) is 2. The molecule has 1 atom stereocenters. The van der Waals surface area contributed by atoms with Gasteiger partial charge in [0.05, 0.1) is 19.3 Å². The van der Waals surface area contributed by atoms with Crippen LogP contribution in [0.5, 0.6) is 5.75 Å². The normalized spacial score (nSPS) is 19.2. The van der Waals surface area contributed by atoms with Crippen LogP contribution in [0.2, 0.25) is 0 Å². The second-order valence-corrected chi connectivity index (χ2v) is 6.07. The number of aliphatic carboxylic acids is 1. The van der Waals surface area contributed by atoms with Crippen molar-refractivity contribution in [2.24, 2.45) is 0 Å². The van der Waals surface area contributed by atoms with E-state index in [2.05, 4.69) is 5.32 Å². The summed E-state index contributed by atoms with van der Waals surface area (Å²) in [5, 5.41) is 11.8. The maximum Gasteiger partial charge on any atom is 0.331 e. The lowest BCUT2D eigenvalue weighted by Gasteiger charge is -2.23. The molecule has 1 amide bonds. The smallest absolute Gasteiger partial charge is 0.331 e. The largest absolute Gasteiger partial charge is 0.497 e. The summed E-state index contributed by atoms with van der Waals surface area (Å²) < 4.78 is 24.6. The third kappa shape index (κ3) is 3.39. The second kappa shape index (κ2) is 7.13. The van der Waals surface area contributed by atoms with Gasteiger partial charge in [-0.1, -0.05) is 18.2 Å². The van der Waals surface area contributed by atoms with E-state index >= 15 is 0 Å². The zero-order valence-corrected chi connectivity index (χ0v) is 14.1. The topological polar surface area (TPSA) is 84.9 Å². The Bertz CT molecular complexity index is 828. The van der Waals surface area contributed by atoms with Crippen molar-refractivity contribution >= 4 is 11.9 Å². The minimum atomic E-state index is -1.52. The number of methoxy groups -OCH3 is 1. The number of hydrogen-bond acceptors (Lipinski definition) is 4. The van der Waals surface area contributed by atoms with Crippen LogP contribution in [-0.4, -0.2) is 42.8 Å². The van der Waals surface area contributed by atoms with E-state index in [4.69, 9.17) is 9.47 Å². The maximum atomic E-state index is 14.5. The quantitative estimate of drug-likeness (QED) is 0.857. The van der Waals surface area contributed by atoms with Gasteiger partial charge in [0.25, 0.3) is 5.91 Å². The number of carboxylic acids is 1. The Morgan fingerprint density at radius 3 is 2.42 bits per heavy atom. The van der Waals surface area contributed by atoms with Gasteiger partial charge in [0.15, 0.2) is 5.54 Å². The predicted octanol–water partition coefficient (Wildman–Crippen LogP) is 2.47. The molecule has 6 nitrogen and oxygen atoms in total. The lowest BCUT2D eigenvalue weighted by molar-refractivity contribution is -0.144. The highest BCUT2D eigenvalue weighted by Gasteiger charge is 2.44. The van der Waals surface area contributed by atoms with Crippen molar-refractivity contribution in [3.05, 3.63) is 53.8 Å². The number of nitrogens with one attached hydrogen (secondary N) is 1. The van der Waals surface area contributed by atoms with Crippen molar-refractivity contribution in [3.63, 3.8) is 0 Å². The summed E-state index contributed by atoms with van der Waals surface area (Å²) in [4.78, 5) is 23.8. The van der Waals surface area contributed by atoms with Crippen LogP contribution in [0.4, 0.5) is 4.39 Å². The molecule has 1 fully saturated rings.